The Morgan fingerprint density at radius 1 is 0.966 bits per heavy atom. The maximum Gasteiger partial charge on any atom is 0.230 e. The molecule has 1 aromatic heterocycles. The van der Waals surface area contributed by atoms with Crippen molar-refractivity contribution in [2.45, 2.75) is 34.6 Å². The fourth-order valence-electron chi connectivity index (χ4n) is 3.09. The van der Waals surface area contributed by atoms with Crippen molar-refractivity contribution in [1.29, 1.82) is 0 Å². The Morgan fingerprint density at radius 3 is 2.38 bits per heavy atom. The smallest absolute Gasteiger partial charge is 0.230 e. The number of thiazole rings is 1. The van der Waals surface area contributed by atoms with Gasteiger partial charge in [0, 0.05) is 17.9 Å². The average Bonchev–Trinajstić information content (AvgIpc) is 3.11. The summed E-state index contributed by atoms with van der Waals surface area (Å²) in [5.74, 6) is -0.167. The van der Waals surface area contributed by atoms with Crippen molar-refractivity contribution in [1.82, 2.24) is 4.98 Å². The Balaban J connectivity index is 1.84. The van der Waals surface area contributed by atoms with Gasteiger partial charge in [-0.2, -0.15) is 0 Å². The molecule has 0 bridgehead atoms. The van der Waals surface area contributed by atoms with Gasteiger partial charge in [-0.1, -0.05) is 29.8 Å². The van der Waals surface area contributed by atoms with Gasteiger partial charge in [0.2, 0.25) is 5.91 Å². The highest BCUT2D eigenvalue weighted by Crippen LogP contribution is 2.30. The van der Waals surface area contributed by atoms with Crippen LogP contribution in [0.3, 0.4) is 0 Å². The molecule has 3 aromatic rings. The number of anilines is 2. The van der Waals surface area contributed by atoms with Crippen LogP contribution in [0.15, 0.2) is 47.9 Å². The first-order chi connectivity index (χ1) is 13.8. The van der Waals surface area contributed by atoms with Gasteiger partial charge in [0.25, 0.3) is 0 Å². The number of aryl methyl sites for hydroxylation is 4. The number of ketones is 1. The second kappa shape index (κ2) is 8.53. The molecule has 0 saturated carbocycles. The van der Waals surface area contributed by atoms with Crippen LogP contribution in [0.5, 0.6) is 0 Å². The summed E-state index contributed by atoms with van der Waals surface area (Å²) in [6.07, 6.45) is 3.23. The van der Waals surface area contributed by atoms with Crippen LogP contribution in [0.4, 0.5) is 10.8 Å². The highest BCUT2D eigenvalue weighted by atomic mass is 32.1. The summed E-state index contributed by atoms with van der Waals surface area (Å²) < 4.78 is 0. The lowest BCUT2D eigenvalue weighted by atomic mass is 10.0. The molecule has 1 amide bonds. The maximum absolute atomic E-state index is 12.5. The molecule has 4 nitrogen and oxygen atoms in total. The van der Waals surface area contributed by atoms with Crippen molar-refractivity contribution in [3.8, 4) is 0 Å². The third kappa shape index (κ3) is 4.69. The first kappa shape index (κ1) is 20.7. The van der Waals surface area contributed by atoms with E-state index in [-0.39, 0.29) is 11.7 Å². The summed E-state index contributed by atoms with van der Waals surface area (Å²) in [5, 5.41) is 2.43. The van der Waals surface area contributed by atoms with Crippen molar-refractivity contribution in [2.75, 3.05) is 4.90 Å². The zero-order valence-corrected chi connectivity index (χ0v) is 18.1. The first-order valence-electron chi connectivity index (χ1n) is 9.39. The molecule has 0 spiro atoms. The Kier molecular flexibility index (Phi) is 6.09. The summed E-state index contributed by atoms with van der Waals surface area (Å²) >= 11 is 1.37. The fraction of sp³-hybridized carbons (Fsp3) is 0.208. The predicted octanol–water partition coefficient (Wildman–Crippen LogP) is 5.96. The van der Waals surface area contributed by atoms with Gasteiger partial charge in [0.05, 0.1) is 11.4 Å². The van der Waals surface area contributed by atoms with E-state index in [1.807, 2.05) is 69.5 Å². The van der Waals surface area contributed by atoms with Crippen molar-refractivity contribution in [3.63, 3.8) is 0 Å². The molecular weight excluding hydrogens is 380 g/mol. The molecule has 0 aliphatic heterocycles. The molecule has 148 valence electrons. The molecule has 0 saturated heterocycles. The minimum Gasteiger partial charge on any atom is -0.289 e. The number of rotatable bonds is 5. The number of allylic oxidation sites excluding steroid dienone is 1. The van der Waals surface area contributed by atoms with E-state index in [0.717, 1.165) is 22.4 Å². The highest BCUT2D eigenvalue weighted by molar-refractivity contribution is 7.14. The van der Waals surface area contributed by atoms with Crippen LogP contribution in [0.25, 0.3) is 6.08 Å². The van der Waals surface area contributed by atoms with E-state index in [9.17, 15) is 9.59 Å². The van der Waals surface area contributed by atoms with E-state index in [2.05, 4.69) is 4.98 Å². The molecule has 3 rings (SSSR count). The van der Waals surface area contributed by atoms with E-state index in [0.29, 0.717) is 16.4 Å². The molecule has 5 heteroatoms. The topological polar surface area (TPSA) is 50.3 Å². The highest BCUT2D eigenvalue weighted by Gasteiger charge is 2.18. The monoisotopic (exact) mass is 404 g/mol. The van der Waals surface area contributed by atoms with E-state index in [4.69, 9.17) is 0 Å². The summed E-state index contributed by atoms with van der Waals surface area (Å²) in [6.45, 7) is 9.52. The number of hydrogen-bond donors (Lipinski definition) is 0. The molecule has 0 unspecified atom stereocenters. The molecule has 0 N–H and O–H groups in total. The van der Waals surface area contributed by atoms with Crippen LogP contribution in [0, 0.1) is 27.7 Å². The van der Waals surface area contributed by atoms with Gasteiger partial charge >= 0.3 is 0 Å². The Morgan fingerprint density at radius 2 is 1.72 bits per heavy atom. The van der Waals surface area contributed by atoms with Crippen LogP contribution in [0.2, 0.25) is 0 Å². The number of aromatic nitrogens is 1. The molecule has 2 aromatic carbocycles. The third-order valence-corrected chi connectivity index (χ3v) is 5.66. The summed E-state index contributed by atoms with van der Waals surface area (Å²) in [7, 11) is 0. The van der Waals surface area contributed by atoms with Gasteiger partial charge in [0.1, 0.15) is 0 Å². The third-order valence-electron chi connectivity index (χ3n) is 4.82. The van der Waals surface area contributed by atoms with Crippen molar-refractivity contribution in [3.05, 3.63) is 81.4 Å². The number of carbonyl (C=O) groups excluding carboxylic acids is 2. The van der Waals surface area contributed by atoms with Gasteiger partial charge in [-0.3, -0.25) is 14.5 Å². The van der Waals surface area contributed by atoms with Crippen molar-refractivity contribution < 1.29 is 9.59 Å². The maximum atomic E-state index is 12.5. The quantitative estimate of drug-likeness (QED) is 0.389. The van der Waals surface area contributed by atoms with Crippen LogP contribution in [0.1, 0.15) is 45.2 Å². The van der Waals surface area contributed by atoms with Crippen LogP contribution in [-0.4, -0.2) is 16.7 Å². The van der Waals surface area contributed by atoms with Gasteiger partial charge in [0.15, 0.2) is 10.9 Å². The Bertz CT molecular complexity index is 1110. The lowest BCUT2D eigenvalue weighted by Gasteiger charge is -2.19. The Hall–Kier alpha value is -3.05. The molecule has 0 radical (unpaired) electrons. The number of amides is 1. The largest absolute Gasteiger partial charge is 0.289 e. The second-order valence-corrected chi connectivity index (χ2v) is 8.03. The van der Waals surface area contributed by atoms with Crippen molar-refractivity contribution in [2.24, 2.45) is 0 Å². The van der Waals surface area contributed by atoms with Crippen LogP contribution < -0.4 is 4.90 Å². The fourth-order valence-corrected chi connectivity index (χ4v) is 3.94. The van der Waals surface area contributed by atoms with Crippen LogP contribution >= 0.6 is 11.3 Å². The summed E-state index contributed by atoms with van der Waals surface area (Å²) in [5.41, 5.74) is 6.49. The number of carbonyl (C=O) groups is 2. The zero-order chi connectivity index (χ0) is 21.1. The predicted molar refractivity (Wildman–Crippen MR) is 120 cm³/mol. The lowest BCUT2D eigenvalue weighted by molar-refractivity contribution is -0.115. The van der Waals surface area contributed by atoms with Gasteiger partial charge in [-0.05, 0) is 68.7 Å². The van der Waals surface area contributed by atoms with Crippen molar-refractivity contribution >= 4 is 39.9 Å². The second-order valence-electron chi connectivity index (χ2n) is 7.19. The molecule has 1 heterocycles. The van der Waals surface area contributed by atoms with Gasteiger partial charge < -0.3 is 0 Å². The number of hydrogen-bond acceptors (Lipinski definition) is 4. The number of nitrogens with zero attached hydrogens (tertiary/aromatic N) is 2. The molecule has 0 aliphatic carbocycles. The van der Waals surface area contributed by atoms with Gasteiger partial charge in [-0.15, -0.1) is 11.3 Å². The van der Waals surface area contributed by atoms with E-state index < -0.39 is 0 Å². The minimum atomic E-state index is -0.107. The minimum absolute atomic E-state index is 0.0605. The molecule has 0 atom stereocenters. The summed E-state index contributed by atoms with van der Waals surface area (Å²) in [4.78, 5) is 30.9. The van der Waals surface area contributed by atoms with E-state index >= 15 is 0 Å². The summed E-state index contributed by atoms with van der Waals surface area (Å²) in [6, 6.07) is 11.7. The van der Waals surface area contributed by atoms with E-state index in [1.165, 1.54) is 29.9 Å². The molecular formula is C24H24N2O2S. The van der Waals surface area contributed by atoms with Gasteiger partial charge in [-0.25, -0.2) is 4.98 Å². The average molecular weight is 405 g/mol. The Labute approximate surface area is 175 Å². The SMILES string of the molecule is CC(=O)N(c1ccc(C)c(C)c1)c1nc(C=CC(=O)c2ccc(C)cc2C)cs1. The number of benzene rings is 2. The standard InChI is InChI=1S/C24H24N2O2S/c1-15-6-10-22(18(4)12-15)23(28)11-8-20-14-29-24(25-20)26(19(5)27)21-9-7-16(2)17(3)13-21/h6-14H,1-5H3. The van der Waals surface area contributed by atoms with E-state index in [1.54, 1.807) is 11.0 Å². The molecule has 29 heavy (non-hydrogen) atoms. The molecule has 0 fully saturated rings. The normalized spacial score (nSPS) is 11.1. The lowest BCUT2D eigenvalue weighted by Crippen LogP contribution is -2.22. The molecule has 0 aliphatic rings. The zero-order valence-electron chi connectivity index (χ0n) is 17.3. The van der Waals surface area contributed by atoms with Crippen LogP contribution in [-0.2, 0) is 4.79 Å². The first-order valence-corrected chi connectivity index (χ1v) is 10.3.